The lowest BCUT2D eigenvalue weighted by atomic mass is 9.94. The number of likely N-dealkylation sites (N-methyl/N-ethyl adjacent to an activating group) is 1. The summed E-state index contributed by atoms with van der Waals surface area (Å²) in [4.78, 5) is 14.5. The van der Waals surface area contributed by atoms with Crippen molar-refractivity contribution in [3.63, 3.8) is 0 Å². The lowest BCUT2D eigenvalue weighted by Gasteiger charge is -2.24. The third-order valence-electron chi connectivity index (χ3n) is 3.82. The Balaban J connectivity index is 0.00000200. The molecule has 1 heterocycles. The van der Waals surface area contributed by atoms with Crippen molar-refractivity contribution in [3.05, 3.63) is 22.8 Å². The van der Waals surface area contributed by atoms with Crippen molar-refractivity contribution in [2.75, 3.05) is 23.8 Å². The Kier molecular flexibility index (Phi) is 4.75. The Morgan fingerprint density at radius 2 is 1.85 bits per heavy atom. The highest BCUT2D eigenvalue weighted by Gasteiger charge is 2.27. The lowest BCUT2D eigenvalue weighted by molar-refractivity contribution is -0.123. The molecule has 0 saturated heterocycles. The van der Waals surface area contributed by atoms with Crippen molar-refractivity contribution in [1.29, 1.82) is 0 Å². The number of hydrogen-bond donors (Lipinski definition) is 1. The molecule has 1 aromatic rings. The van der Waals surface area contributed by atoms with Crippen LogP contribution in [0.25, 0.3) is 0 Å². The molecule has 4 heteroatoms. The maximum atomic E-state index is 12.2. The number of nitrogens with zero attached hydrogens (tertiary/aromatic N) is 1. The molecule has 1 aliphatic rings. The van der Waals surface area contributed by atoms with E-state index < -0.39 is 0 Å². The summed E-state index contributed by atoms with van der Waals surface area (Å²) < 4.78 is 0. The van der Waals surface area contributed by atoms with Gasteiger partial charge in [0, 0.05) is 19.0 Å². The van der Waals surface area contributed by atoms with Gasteiger partial charge in [-0.3, -0.25) is 4.79 Å². The highest BCUT2D eigenvalue weighted by atomic mass is 35.5. The van der Waals surface area contributed by atoms with Crippen molar-refractivity contribution in [3.8, 4) is 0 Å². The minimum atomic E-state index is -0.374. The molecule has 20 heavy (non-hydrogen) atoms. The monoisotopic (exact) mass is 296 g/mol. The SMILES string of the molecule is Cc1cc(C)c(NC(=O)C(C)(C)C)c2c1CCN2C.Cl. The Labute approximate surface area is 128 Å². The first-order valence-corrected chi connectivity index (χ1v) is 6.87. The van der Waals surface area contributed by atoms with Crippen LogP contribution in [0.5, 0.6) is 0 Å². The number of anilines is 2. The molecule has 0 unspecified atom stereocenters. The second kappa shape index (κ2) is 5.65. The normalized spacial score (nSPS) is 13.8. The maximum absolute atomic E-state index is 12.2. The number of aryl methyl sites for hydroxylation is 2. The van der Waals surface area contributed by atoms with E-state index in [9.17, 15) is 4.79 Å². The van der Waals surface area contributed by atoms with Gasteiger partial charge in [-0.05, 0) is 37.0 Å². The summed E-state index contributed by atoms with van der Waals surface area (Å²) in [5.41, 5.74) is 5.66. The number of fused-ring (bicyclic) bond motifs is 1. The van der Waals surface area contributed by atoms with Gasteiger partial charge in [-0.2, -0.15) is 0 Å². The second-order valence-electron chi connectivity index (χ2n) is 6.59. The van der Waals surface area contributed by atoms with Crippen LogP contribution in [0.1, 0.15) is 37.5 Å². The molecule has 0 aliphatic carbocycles. The van der Waals surface area contributed by atoms with E-state index in [-0.39, 0.29) is 23.7 Å². The van der Waals surface area contributed by atoms with Gasteiger partial charge in [0.05, 0.1) is 11.4 Å². The van der Waals surface area contributed by atoms with Crippen LogP contribution >= 0.6 is 12.4 Å². The quantitative estimate of drug-likeness (QED) is 0.857. The highest BCUT2D eigenvalue weighted by molar-refractivity contribution is 5.99. The van der Waals surface area contributed by atoms with Crippen molar-refractivity contribution in [1.82, 2.24) is 0 Å². The number of rotatable bonds is 1. The third-order valence-corrected chi connectivity index (χ3v) is 3.82. The molecule has 1 amide bonds. The van der Waals surface area contributed by atoms with Gasteiger partial charge in [0.2, 0.25) is 5.91 Å². The second-order valence-corrected chi connectivity index (χ2v) is 6.59. The molecule has 0 fully saturated rings. The number of carbonyl (C=O) groups is 1. The topological polar surface area (TPSA) is 32.3 Å². The number of halogens is 1. The predicted octanol–water partition coefficient (Wildman–Crippen LogP) is 3.70. The minimum absolute atomic E-state index is 0. The van der Waals surface area contributed by atoms with Crippen molar-refractivity contribution in [2.24, 2.45) is 5.41 Å². The summed E-state index contributed by atoms with van der Waals surface area (Å²) in [6, 6.07) is 2.18. The van der Waals surface area contributed by atoms with E-state index in [1.807, 2.05) is 20.8 Å². The smallest absolute Gasteiger partial charge is 0.229 e. The largest absolute Gasteiger partial charge is 0.372 e. The Morgan fingerprint density at radius 1 is 1.25 bits per heavy atom. The fourth-order valence-electron chi connectivity index (χ4n) is 2.60. The molecule has 1 aliphatic heterocycles. The van der Waals surface area contributed by atoms with Gasteiger partial charge in [0.1, 0.15) is 0 Å². The summed E-state index contributed by atoms with van der Waals surface area (Å²) in [6.07, 6.45) is 1.07. The Morgan fingerprint density at radius 3 is 2.40 bits per heavy atom. The van der Waals surface area contributed by atoms with Gasteiger partial charge in [0.15, 0.2) is 0 Å². The van der Waals surface area contributed by atoms with Crippen LogP contribution in [-0.2, 0) is 11.2 Å². The zero-order chi connectivity index (χ0) is 14.4. The van der Waals surface area contributed by atoms with E-state index in [2.05, 4.69) is 37.2 Å². The predicted molar refractivity (Wildman–Crippen MR) is 88.2 cm³/mol. The number of amides is 1. The zero-order valence-electron chi connectivity index (χ0n) is 13.3. The molecule has 1 N–H and O–H groups in total. The van der Waals surface area contributed by atoms with Crippen LogP contribution in [0, 0.1) is 19.3 Å². The average molecular weight is 297 g/mol. The first-order chi connectivity index (χ1) is 8.71. The van der Waals surface area contributed by atoms with Crippen molar-refractivity contribution >= 4 is 29.7 Å². The average Bonchev–Trinajstić information content (AvgIpc) is 2.65. The third kappa shape index (κ3) is 2.93. The fraction of sp³-hybridized carbons (Fsp3) is 0.562. The number of nitrogens with one attached hydrogen (secondary N) is 1. The van der Waals surface area contributed by atoms with Gasteiger partial charge in [-0.1, -0.05) is 26.8 Å². The first-order valence-electron chi connectivity index (χ1n) is 6.87. The highest BCUT2D eigenvalue weighted by Crippen LogP contribution is 2.39. The number of benzene rings is 1. The Bertz CT molecular complexity index is 532. The molecular weight excluding hydrogens is 272 g/mol. The van der Waals surface area contributed by atoms with E-state index >= 15 is 0 Å². The van der Waals surface area contributed by atoms with Crippen LogP contribution in [0.4, 0.5) is 11.4 Å². The minimum Gasteiger partial charge on any atom is -0.372 e. The van der Waals surface area contributed by atoms with Gasteiger partial charge >= 0.3 is 0 Å². The van der Waals surface area contributed by atoms with Crippen molar-refractivity contribution in [2.45, 2.75) is 41.0 Å². The van der Waals surface area contributed by atoms with Crippen LogP contribution in [-0.4, -0.2) is 19.5 Å². The zero-order valence-corrected chi connectivity index (χ0v) is 14.1. The van der Waals surface area contributed by atoms with Crippen molar-refractivity contribution < 1.29 is 4.79 Å². The molecule has 0 bridgehead atoms. The summed E-state index contributed by atoms with van der Waals surface area (Å²) in [7, 11) is 2.09. The molecule has 0 radical (unpaired) electrons. The molecule has 1 aromatic carbocycles. The van der Waals surface area contributed by atoms with Crippen LogP contribution in [0.15, 0.2) is 6.07 Å². The number of hydrogen-bond acceptors (Lipinski definition) is 2. The summed E-state index contributed by atoms with van der Waals surface area (Å²) in [5, 5.41) is 3.13. The van der Waals surface area contributed by atoms with E-state index in [4.69, 9.17) is 0 Å². The molecule has 112 valence electrons. The molecule has 0 spiro atoms. The summed E-state index contributed by atoms with van der Waals surface area (Å²) >= 11 is 0. The van der Waals surface area contributed by atoms with Gasteiger partial charge in [0.25, 0.3) is 0 Å². The van der Waals surface area contributed by atoms with Crippen LogP contribution < -0.4 is 10.2 Å². The summed E-state index contributed by atoms with van der Waals surface area (Å²) in [6.45, 7) is 11.1. The molecular formula is C16H25ClN2O. The first kappa shape index (κ1) is 16.8. The molecule has 0 aromatic heterocycles. The van der Waals surface area contributed by atoms with Gasteiger partial charge in [-0.25, -0.2) is 0 Å². The van der Waals surface area contributed by atoms with Crippen LogP contribution in [0.3, 0.4) is 0 Å². The summed E-state index contributed by atoms with van der Waals surface area (Å²) in [5.74, 6) is 0.0713. The van der Waals surface area contributed by atoms with E-state index in [1.54, 1.807) is 0 Å². The standard InChI is InChI=1S/C16H24N2O.ClH/c1-10-9-11(2)13(17-15(19)16(3,4)5)14-12(10)7-8-18(14)6;/h9H,7-8H2,1-6H3,(H,17,19);1H. The van der Waals surface area contributed by atoms with E-state index in [1.165, 1.54) is 16.8 Å². The number of carbonyl (C=O) groups excluding carboxylic acids is 1. The lowest BCUT2D eigenvalue weighted by Crippen LogP contribution is -2.29. The fourth-order valence-corrected chi connectivity index (χ4v) is 2.60. The van der Waals surface area contributed by atoms with Gasteiger partial charge < -0.3 is 10.2 Å². The molecule has 2 rings (SSSR count). The molecule has 3 nitrogen and oxygen atoms in total. The molecule has 0 saturated carbocycles. The van der Waals surface area contributed by atoms with E-state index in [0.717, 1.165) is 24.2 Å². The van der Waals surface area contributed by atoms with Crippen LogP contribution in [0.2, 0.25) is 0 Å². The Hall–Kier alpha value is -1.22. The molecule has 0 atom stereocenters. The maximum Gasteiger partial charge on any atom is 0.229 e. The van der Waals surface area contributed by atoms with Gasteiger partial charge in [-0.15, -0.1) is 12.4 Å². The van der Waals surface area contributed by atoms with E-state index in [0.29, 0.717) is 0 Å².